The summed E-state index contributed by atoms with van der Waals surface area (Å²) in [6.45, 7) is 0. The van der Waals surface area contributed by atoms with Gasteiger partial charge >= 0.3 is 0 Å². The molecule has 0 bridgehead atoms. The van der Waals surface area contributed by atoms with Crippen molar-refractivity contribution in [1.29, 1.82) is 0 Å². The topological polar surface area (TPSA) is 83.8 Å². The maximum atomic E-state index is 11.8. The van der Waals surface area contributed by atoms with Crippen LogP contribution in [-0.2, 0) is 0 Å². The monoisotopic (exact) mass is 324 g/mol. The van der Waals surface area contributed by atoms with Crippen LogP contribution in [-0.4, -0.2) is 21.1 Å². The van der Waals surface area contributed by atoms with Gasteiger partial charge in [0.25, 0.3) is 5.91 Å². The second-order valence-electron chi connectivity index (χ2n) is 3.48. The van der Waals surface area contributed by atoms with Crippen LogP contribution in [0, 0.1) is 0 Å². The summed E-state index contributed by atoms with van der Waals surface area (Å²) in [4.78, 5) is 12.1. The number of halogens is 1. The first-order valence-electron chi connectivity index (χ1n) is 4.98. The number of aromatic amines is 1. The van der Waals surface area contributed by atoms with E-state index in [-0.39, 0.29) is 5.91 Å². The summed E-state index contributed by atoms with van der Waals surface area (Å²) in [6, 6.07) is 6.82. The summed E-state index contributed by atoms with van der Waals surface area (Å²) in [5, 5.41) is 9.04. The van der Waals surface area contributed by atoms with Crippen LogP contribution in [0.4, 0.5) is 5.69 Å². The highest BCUT2D eigenvalue weighted by Crippen LogP contribution is 2.24. The number of thiocarbonyl (C=S) groups is 1. The molecule has 4 N–H and O–H groups in total. The van der Waals surface area contributed by atoms with Gasteiger partial charge in [0.15, 0.2) is 0 Å². The molecule has 18 heavy (non-hydrogen) atoms. The second kappa shape index (κ2) is 5.28. The molecule has 1 aromatic heterocycles. The standard InChI is InChI=1S/C11H9BrN4OS/c12-7-5-6(10(13)18)1-2-8(7)15-11(17)9-3-4-14-16-9/h1-5H,(H2,13,18)(H,14,16)(H,15,17). The largest absolute Gasteiger partial charge is 0.389 e. The van der Waals surface area contributed by atoms with Crippen LogP contribution in [0.1, 0.15) is 16.1 Å². The molecular formula is C11H9BrN4OS. The molecule has 1 heterocycles. The number of anilines is 1. The van der Waals surface area contributed by atoms with E-state index in [1.165, 1.54) is 6.20 Å². The molecule has 2 aromatic rings. The first-order chi connectivity index (χ1) is 8.58. The van der Waals surface area contributed by atoms with E-state index in [0.717, 1.165) is 5.56 Å². The molecular weight excluding hydrogens is 316 g/mol. The van der Waals surface area contributed by atoms with Crippen molar-refractivity contribution in [2.24, 2.45) is 5.73 Å². The Kier molecular flexibility index (Phi) is 3.73. The third-order valence-electron chi connectivity index (χ3n) is 2.25. The molecule has 1 aromatic carbocycles. The highest BCUT2D eigenvalue weighted by atomic mass is 79.9. The van der Waals surface area contributed by atoms with E-state index in [1.807, 2.05) is 0 Å². The molecule has 0 saturated heterocycles. The normalized spacial score (nSPS) is 10.1. The third-order valence-corrected chi connectivity index (χ3v) is 3.14. The number of hydrogen-bond donors (Lipinski definition) is 3. The molecule has 92 valence electrons. The molecule has 0 aliphatic carbocycles. The van der Waals surface area contributed by atoms with Gasteiger partial charge in [-0.15, -0.1) is 0 Å². The van der Waals surface area contributed by atoms with Crippen molar-refractivity contribution in [3.63, 3.8) is 0 Å². The van der Waals surface area contributed by atoms with Crippen LogP contribution >= 0.6 is 28.1 Å². The van der Waals surface area contributed by atoms with Crippen LogP contribution in [0.15, 0.2) is 34.9 Å². The predicted octanol–water partition coefficient (Wildman–Crippen LogP) is 2.06. The lowest BCUT2D eigenvalue weighted by Crippen LogP contribution is -2.14. The zero-order chi connectivity index (χ0) is 13.1. The van der Waals surface area contributed by atoms with E-state index in [9.17, 15) is 4.79 Å². The van der Waals surface area contributed by atoms with Gasteiger partial charge in [-0.2, -0.15) is 5.10 Å². The number of H-pyrrole nitrogens is 1. The number of nitrogens with one attached hydrogen (secondary N) is 2. The zero-order valence-electron chi connectivity index (χ0n) is 9.11. The fourth-order valence-corrected chi connectivity index (χ4v) is 1.95. The first-order valence-corrected chi connectivity index (χ1v) is 6.18. The zero-order valence-corrected chi connectivity index (χ0v) is 11.5. The van der Waals surface area contributed by atoms with Gasteiger partial charge < -0.3 is 11.1 Å². The number of rotatable bonds is 3. The van der Waals surface area contributed by atoms with Crippen LogP contribution in [0.2, 0.25) is 0 Å². The molecule has 0 atom stereocenters. The minimum absolute atomic E-state index is 0.267. The Labute approximate surface area is 117 Å². The number of carbonyl (C=O) groups excluding carboxylic acids is 1. The quantitative estimate of drug-likeness (QED) is 0.754. The molecule has 7 heteroatoms. The summed E-state index contributed by atoms with van der Waals surface area (Å²) in [5.74, 6) is -0.267. The molecule has 2 rings (SSSR count). The van der Waals surface area contributed by atoms with Crippen molar-refractivity contribution in [1.82, 2.24) is 10.2 Å². The Bertz CT molecular complexity index is 597. The summed E-state index contributed by atoms with van der Waals surface area (Å²) in [6.07, 6.45) is 1.51. The lowest BCUT2D eigenvalue weighted by atomic mass is 10.2. The minimum Gasteiger partial charge on any atom is -0.389 e. The minimum atomic E-state index is -0.267. The van der Waals surface area contributed by atoms with Gasteiger partial charge in [0.1, 0.15) is 10.7 Å². The van der Waals surface area contributed by atoms with E-state index in [4.69, 9.17) is 18.0 Å². The maximum absolute atomic E-state index is 11.8. The molecule has 5 nitrogen and oxygen atoms in total. The Hall–Kier alpha value is -1.73. The fourth-order valence-electron chi connectivity index (χ4n) is 1.34. The summed E-state index contributed by atoms with van der Waals surface area (Å²) >= 11 is 8.23. The average molecular weight is 325 g/mol. The van der Waals surface area contributed by atoms with Gasteiger partial charge in [0.05, 0.1) is 5.69 Å². The van der Waals surface area contributed by atoms with Crippen LogP contribution < -0.4 is 11.1 Å². The highest BCUT2D eigenvalue weighted by Gasteiger charge is 2.10. The Morgan fingerprint density at radius 3 is 2.78 bits per heavy atom. The smallest absolute Gasteiger partial charge is 0.273 e. The van der Waals surface area contributed by atoms with Gasteiger partial charge in [0.2, 0.25) is 0 Å². The van der Waals surface area contributed by atoms with Gasteiger partial charge in [-0.05, 0) is 40.2 Å². The summed E-state index contributed by atoms with van der Waals surface area (Å²) < 4.78 is 0.709. The van der Waals surface area contributed by atoms with Crippen LogP contribution in [0.25, 0.3) is 0 Å². The number of hydrogen-bond acceptors (Lipinski definition) is 3. The number of carbonyl (C=O) groups is 1. The molecule has 0 radical (unpaired) electrons. The van der Waals surface area contributed by atoms with Crippen molar-refractivity contribution in [3.8, 4) is 0 Å². The van der Waals surface area contributed by atoms with E-state index in [1.54, 1.807) is 24.3 Å². The first kappa shape index (κ1) is 12.7. The van der Waals surface area contributed by atoms with Crippen molar-refractivity contribution in [2.75, 3.05) is 5.32 Å². The lowest BCUT2D eigenvalue weighted by Gasteiger charge is -2.07. The highest BCUT2D eigenvalue weighted by molar-refractivity contribution is 9.10. The van der Waals surface area contributed by atoms with Crippen molar-refractivity contribution < 1.29 is 4.79 Å². The molecule has 0 spiro atoms. The van der Waals surface area contributed by atoms with Crippen LogP contribution in [0.3, 0.4) is 0 Å². The Morgan fingerprint density at radius 2 is 2.22 bits per heavy atom. The number of aromatic nitrogens is 2. The molecule has 1 amide bonds. The van der Waals surface area contributed by atoms with Crippen molar-refractivity contribution >= 4 is 44.7 Å². The SMILES string of the molecule is NC(=S)c1ccc(NC(=O)c2ccn[nH]2)c(Br)c1. The van der Waals surface area contributed by atoms with Gasteiger partial charge in [-0.1, -0.05) is 12.2 Å². The van der Waals surface area contributed by atoms with Gasteiger partial charge in [-0.3, -0.25) is 9.89 Å². The molecule has 0 fully saturated rings. The van der Waals surface area contributed by atoms with E-state index >= 15 is 0 Å². The molecule has 0 saturated carbocycles. The fraction of sp³-hybridized carbons (Fsp3) is 0. The van der Waals surface area contributed by atoms with Gasteiger partial charge in [0, 0.05) is 16.2 Å². The summed E-state index contributed by atoms with van der Waals surface area (Å²) in [5.41, 5.74) is 7.28. The molecule has 0 aliphatic heterocycles. The third kappa shape index (κ3) is 2.74. The van der Waals surface area contributed by atoms with E-state index in [0.29, 0.717) is 20.8 Å². The Balaban J connectivity index is 2.20. The average Bonchev–Trinajstić information content (AvgIpc) is 2.85. The second-order valence-corrected chi connectivity index (χ2v) is 4.78. The number of nitrogens with two attached hydrogens (primary N) is 1. The van der Waals surface area contributed by atoms with Gasteiger partial charge in [-0.25, -0.2) is 0 Å². The molecule has 0 aliphatic rings. The van der Waals surface area contributed by atoms with Crippen molar-refractivity contribution in [3.05, 3.63) is 46.2 Å². The van der Waals surface area contributed by atoms with Crippen molar-refractivity contribution in [2.45, 2.75) is 0 Å². The van der Waals surface area contributed by atoms with E-state index in [2.05, 4.69) is 31.4 Å². The lowest BCUT2D eigenvalue weighted by molar-refractivity contribution is 0.102. The van der Waals surface area contributed by atoms with E-state index < -0.39 is 0 Å². The summed E-state index contributed by atoms with van der Waals surface area (Å²) in [7, 11) is 0. The number of benzene rings is 1. The molecule has 0 unspecified atom stereocenters. The number of nitrogens with zero attached hydrogens (tertiary/aromatic N) is 1. The van der Waals surface area contributed by atoms with Crippen LogP contribution in [0.5, 0.6) is 0 Å². The maximum Gasteiger partial charge on any atom is 0.273 e. The Morgan fingerprint density at radius 1 is 1.44 bits per heavy atom. The number of amides is 1. The predicted molar refractivity (Wildman–Crippen MR) is 76.6 cm³/mol.